The number of benzene rings is 1. The van der Waals surface area contributed by atoms with Crippen LogP contribution in [0.15, 0.2) is 42.5 Å². The highest BCUT2D eigenvalue weighted by Gasteiger charge is 2.55. The number of hydrogen-bond donors (Lipinski definition) is 0. The Morgan fingerprint density at radius 1 is 1.13 bits per heavy atom. The Labute approximate surface area is 172 Å². The molecule has 1 atom stereocenters. The van der Waals surface area contributed by atoms with Crippen LogP contribution in [0.3, 0.4) is 0 Å². The molecule has 3 heterocycles. The summed E-state index contributed by atoms with van der Waals surface area (Å²) in [7, 11) is 0. The second kappa shape index (κ2) is 6.96. The van der Waals surface area contributed by atoms with Gasteiger partial charge in [0, 0.05) is 24.3 Å². The summed E-state index contributed by atoms with van der Waals surface area (Å²) < 4.78 is 53.0. The number of nitrogens with zero attached hydrogens (tertiary/aromatic N) is 3. The summed E-state index contributed by atoms with van der Waals surface area (Å²) in [6.45, 7) is 5.03. The van der Waals surface area contributed by atoms with Gasteiger partial charge < -0.3 is 9.80 Å². The zero-order chi connectivity index (χ0) is 21.7. The molecular formula is C22H23F4N3O. The highest BCUT2D eigenvalue weighted by Crippen LogP contribution is 2.47. The number of halogens is 4. The van der Waals surface area contributed by atoms with Gasteiger partial charge in [-0.15, -0.1) is 0 Å². The third-order valence-electron chi connectivity index (χ3n) is 6.16. The molecule has 0 aliphatic carbocycles. The van der Waals surface area contributed by atoms with Gasteiger partial charge in [-0.2, -0.15) is 13.2 Å². The maximum absolute atomic E-state index is 13.8. The molecule has 4 rings (SSSR count). The number of aromatic nitrogens is 1. The predicted molar refractivity (Wildman–Crippen MR) is 105 cm³/mol. The number of carbonyl (C=O) groups excluding carboxylic acids is 1. The van der Waals surface area contributed by atoms with Crippen LogP contribution in [-0.2, 0) is 6.18 Å². The van der Waals surface area contributed by atoms with Crippen LogP contribution in [0.2, 0.25) is 0 Å². The van der Waals surface area contributed by atoms with E-state index in [0.717, 1.165) is 24.6 Å². The van der Waals surface area contributed by atoms with E-state index in [2.05, 4.69) is 9.88 Å². The van der Waals surface area contributed by atoms with E-state index in [9.17, 15) is 22.4 Å². The molecular weight excluding hydrogens is 398 g/mol. The highest BCUT2D eigenvalue weighted by molar-refractivity contribution is 5.93. The minimum absolute atomic E-state index is 0.201. The fraction of sp³-hybridized carbons (Fsp3) is 0.455. The van der Waals surface area contributed by atoms with Gasteiger partial charge in [0.25, 0.3) is 5.91 Å². The fourth-order valence-corrected chi connectivity index (χ4v) is 5.00. The van der Waals surface area contributed by atoms with E-state index in [0.29, 0.717) is 19.5 Å². The number of hydrogen-bond acceptors (Lipinski definition) is 3. The van der Waals surface area contributed by atoms with Gasteiger partial charge in [-0.1, -0.05) is 12.1 Å². The van der Waals surface area contributed by atoms with Gasteiger partial charge in [-0.3, -0.25) is 4.79 Å². The van der Waals surface area contributed by atoms with Crippen molar-refractivity contribution in [2.24, 2.45) is 0 Å². The summed E-state index contributed by atoms with van der Waals surface area (Å²) in [6, 6.07) is 9.73. The van der Waals surface area contributed by atoms with E-state index in [1.54, 1.807) is 11.0 Å². The summed E-state index contributed by atoms with van der Waals surface area (Å²) in [5.74, 6) is -0.827. The SMILES string of the molecule is CC1(C)CC2(CCCN2C(=O)c2cccc(C(F)(F)F)n2)CN1c1cccc(F)c1. The van der Waals surface area contributed by atoms with Crippen molar-refractivity contribution < 1.29 is 22.4 Å². The van der Waals surface area contributed by atoms with Crippen molar-refractivity contribution in [3.63, 3.8) is 0 Å². The zero-order valence-electron chi connectivity index (χ0n) is 16.8. The molecule has 4 nitrogen and oxygen atoms in total. The van der Waals surface area contributed by atoms with Crippen LogP contribution in [0.25, 0.3) is 0 Å². The summed E-state index contributed by atoms with van der Waals surface area (Å²) in [4.78, 5) is 20.6. The van der Waals surface area contributed by atoms with Crippen LogP contribution in [0.4, 0.5) is 23.2 Å². The topological polar surface area (TPSA) is 36.4 Å². The molecule has 1 amide bonds. The minimum Gasteiger partial charge on any atom is -0.364 e. The smallest absolute Gasteiger partial charge is 0.364 e. The molecule has 1 aromatic heterocycles. The Morgan fingerprint density at radius 2 is 1.87 bits per heavy atom. The number of pyridine rings is 1. The molecule has 2 aromatic rings. The lowest BCUT2D eigenvalue weighted by molar-refractivity contribution is -0.141. The molecule has 1 spiro atoms. The zero-order valence-corrected chi connectivity index (χ0v) is 16.8. The summed E-state index contributed by atoms with van der Waals surface area (Å²) >= 11 is 0. The first kappa shape index (κ1) is 20.6. The van der Waals surface area contributed by atoms with Crippen molar-refractivity contribution in [2.75, 3.05) is 18.0 Å². The maximum atomic E-state index is 13.8. The van der Waals surface area contributed by atoms with Crippen LogP contribution in [0.1, 0.15) is 49.3 Å². The summed E-state index contributed by atoms with van der Waals surface area (Å²) in [5.41, 5.74) is -1.42. The number of carbonyl (C=O) groups is 1. The number of amides is 1. The molecule has 2 aliphatic rings. The van der Waals surface area contributed by atoms with E-state index in [1.165, 1.54) is 24.3 Å². The average molecular weight is 421 g/mol. The van der Waals surface area contributed by atoms with Crippen molar-refractivity contribution in [1.29, 1.82) is 0 Å². The lowest BCUT2D eigenvalue weighted by Gasteiger charge is -2.35. The van der Waals surface area contributed by atoms with Gasteiger partial charge in [0.15, 0.2) is 0 Å². The van der Waals surface area contributed by atoms with Gasteiger partial charge in [-0.25, -0.2) is 9.37 Å². The van der Waals surface area contributed by atoms with E-state index in [-0.39, 0.29) is 17.1 Å². The van der Waals surface area contributed by atoms with Gasteiger partial charge in [0.2, 0.25) is 0 Å². The minimum atomic E-state index is -4.61. The molecule has 160 valence electrons. The third-order valence-corrected chi connectivity index (χ3v) is 6.16. The molecule has 1 unspecified atom stereocenters. The number of anilines is 1. The van der Waals surface area contributed by atoms with Gasteiger partial charge in [0.05, 0.1) is 5.54 Å². The predicted octanol–water partition coefficient (Wildman–Crippen LogP) is 4.90. The molecule has 0 saturated carbocycles. The molecule has 1 aromatic carbocycles. The van der Waals surface area contributed by atoms with Crippen LogP contribution in [0, 0.1) is 5.82 Å². The molecule has 2 fully saturated rings. The largest absolute Gasteiger partial charge is 0.433 e. The molecule has 0 N–H and O–H groups in total. The lowest BCUT2D eigenvalue weighted by Crippen LogP contribution is -2.49. The first-order chi connectivity index (χ1) is 14.0. The second-order valence-electron chi connectivity index (χ2n) is 8.75. The van der Waals surface area contributed by atoms with E-state index < -0.39 is 23.3 Å². The third kappa shape index (κ3) is 3.52. The van der Waals surface area contributed by atoms with Gasteiger partial charge in [0.1, 0.15) is 17.2 Å². The first-order valence-corrected chi connectivity index (χ1v) is 9.91. The highest BCUT2D eigenvalue weighted by atomic mass is 19.4. The summed E-state index contributed by atoms with van der Waals surface area (Å²) in [6.07, 6.45) is -2.46. The average Bonchev–Trinajstić information content (AvgIpc) is 3.20. The van der Waals surface area contributed by atoms with Crippen LogP contribution >= 0.6 is 0 Å². The molecule has 8 heteroatoms. The second-order valence-corrected chi connectivity index (χ2v) is 8.75. The Bertz CT molecular complexity index is 975. The van der Waals surface area contributed by atoms with E-state index >= 15 is 0 Å². The normalized spacial score (nSPS) is 23.4. The number of likely N-dealkylation sites (tertiary alicyclic amines) is 1. The quantitative estimate of drug-likeness (QED) is 0.647. The Kier molecular flexibility index (Phi) is 4.78. The number of rotatable bonds is 2. The van der Waals surface area contributed by atoms with E-state index in [4.69, 9.17) is 0 Å². The van der Waals surface area contributed by atoms with Crippen molar-refractivity contribution >= 4 is 11.6 Å². The molecule has 2 aliphatic heterocycles. The Morgan fingerprint density at radius 3 is 2.57 bits per heavy atom. The van der Waals surface area contributed by atoms with Crippen molar-refractivity contribution in [2.45, 2.75) is 50.4 Å². The number of alkyl halides is 3. The van der Waals surface area contributed by atoms with Crippen LogP contribution < -0.4 is 4.90 Å². The maximum Gasteiger partial charge on any atom is 0.433 e. The van der Waals surface area contributed by atoms with Gasteiger partial charge >= 0.3 is 6.18 Å². The lowest BCUT2D eigenvalue weighted by atomic mass is 9.87. The standard InChI is InChI=1S/C22H23F4N3O/c1-20(2)13-21(14-29(20)16-7-3-6-15(23)12-16)10-5-11-28(21)19(30)17-8-4-9-18(27-17)22(24,25)26/h3-4,6-9,12H,5,10-11,13-14H2,1-2H3. The van der Waals surface area contributed by atoms with Crippen molar-refractivity contribution in [3.05, 3.63) is 59.7 Å². The summed E-state index contributed by atoms with van der Waals surface area (Å²) in [5, 5.41) is 0. The fourth-order valence-electron chi connectivity index (χ4n) is 5.00. The monoisotopic (exact) mass is 421 g/mol. The molecule has 2 saturated heterocycles. The first-order valence-electron chi connectivity index (χ1n) is 9.91. The molecule has 0 bridgehead atoms. The van der Waals surface area contributed by atoms with Gasteiger partial charge in [-0.05, 0) is 63.4 Å². The van der Waals surface area contributed by atoms with E-state index in [1.807, 2.05) is 19.9 Å². The molecule has 0 radical (unpaired) electrons. The van der Waals surface area contributed by atoms with Crippen LogP contribution in [-0.4, -0.2) is 40.0 Å². The Hall–Kier alpha value is -2.64. The van der Waals surface area contributed by atoms with Crippen molar-refractivity contribution in [1.82, 2.24) is 9.88 Å². The van der Waals surface area contributed by atoms with Crippen LogP contribution in [0.5, 0.6) is 0 Å². The van der Waals surface area contributed by atoms with Crippen molar-refractivity contribution in [3.8, 4) is 0 Å². The molecule has 30 heavy (non-hydrogen) atoms. The Balaban J connectivity index is 1.66.